The van der Waals surface area contributed by atoms with Crippen molar-refractivity contribution >= 4 is 50.5 Å². The van der Waals surface area contributed by atoms with Crippen molar-refractivity contribution in [2.24, 2.45) is 0 Å². The van der Waals surface area contributed by atoms with Gasteiger partial charge in [0.15, 0.2) is 0 Å². The van der Waals surface area contributed by atoms with Gasteiger partial charge < -0.3 is 5.32 Å². The molecule has 0 radical (unpaired) electrons. The van der Waals surface area contributed by atoms with Crippen LogP contribution in [-0.2, 0) is 6.42 Å². The van der Waals surface area contributed by atoms with E-state index in [1.807, 2.05) is 18.2 Å². The lowest BCUT2D eigenvalue weighted by molar-refractivity contribution is 0.553. The highest BCUT2D eigenvalue weighted by molar-refractivity contribution is 9.10. The zero-order valence-corrected chi connectivity index (χ0v) is 14.3. The summed E-state index contributed by atoms with van der Waals surface area (Å²) < 4.78 is 1.12. The van der Waals surface area contributed by atoms with Gasteiger partial charge in [0.1, 0.15) is 0 Å². The van der Waals surface area contributed by atoms with Gasteiger partial charge in [-0.05, 0) is 40.7 Å². The van der Waals surface area contributed by atoms with Crippen molar-refractivity contribution in [3.8, 4) is 0 Å². The molecule has 1 aromatic carbocycles. The summed E-state index contributed by atoms with van der Waals surface area (Å²) >= 11 is 17.8. The molecule has 0 saturated heterocycles. The van der Waals surface area contributed by atoms with Crippen molar-refractivity contribution < 1.29 is 0 Å². The van der Waals surface area contributed by atoms with Gasteiger partial charge in [-0.1, -0.05) is 36.2 Å². The molecule has 0 bridgehead atoms. The Bertz CT molecular complexity index is 536. The van der Waals surface area contributed by atoms with Crippen LogP contribution < -0.4 is 5.32 Å². The van der Waals surface area contributed by atoms with Crippen molar-refractivity contribution in [1.29, 1.82) is 0 Å². The van der Waals surface area contributed by atoms with Crippen LogP contribution in [0.25, 0.3) is 0 Å². The van der Waals surface area contributed by atoms with Crippen LogP contribution in [0.15, 0.2) is 34.1 Å². The van der Waals surface area contributed by atoms with Crippen LogP contribution in [0.4, 0.5) is 0 Å². The van der Waals surface area contributed by atoms with Gasteiger partial charge in [-0.3, -0.25) is 0 Å². The molecule has 0 aliphatic carbocycles. The van der Waals surface area contributed by atoms with Crippen LogP contribution in [0.5, 0.6) is 0 Å². The number of halogens is 3. The molecular weight excluding hydrogens is 365 g/mol. The van der Waals surface area contributed by atoms with E-state index in [9.17, 15) is 0 Å². The topological polar surface area (TPSA) is 12.0 Å². The minimum Gasteiger partial charge on any atom is -0.310 e. The number of thiophene rings is 1. The first-order chi connectivity index (χ1) is 9.11. The lowest BCUT2D eigenvalue weighted by Crippen LogP contribution is -2.23. The second-order valence-corrected chi connectivity index (χ2v) is 6.91. The summed E-state index contributed by atoms with van der Waals surface area (Å²) in [5.41, 5.74) is 0.984. The molecule has 0 amide bonds. The van der Waals surface area contributed by atoms with E-state index in [1.165, 1.54) is 4.88 Å². The van der Waals surface area contributed by atoms with Gasteiger partial charge in [-0.25, -0.2) is 0 Å². The van der Waals surface area contributed by atoms with E-state index in [2.05, 4.69) is 39.6 Å². The van der Waals surface area contributed by atoms with Crippen molar-refractivity contribution in [3.63, 3.8) is 0 Å². The molecular formula is C14H14BrCl2NS. The highest BCUT2D eigenvalue weighted by Gasteiger charge is 2.18. The molecule has 0 aliphatic heterocycles. The first-order valence-electron chi connectivity index (χ1n) is 6.02. The summed E-state index contributed by atoms with van der Waals surface area (Å²) in [5.74, 6) is 0. The van der Waals surface area contributed by atoms with Crippen molar-refractivity contribution in [2.45, 2.75) is 19.4 Å². The van der Waals surface area contributed by atoms with E-state index >= 15 is 0 Å². The maximum Gasteiger partial charge on any atom is 0.0468 e. The van der Waals surface area contributed by atoms with E-state index in [1.54, 1.807) is 11.3 Å². The van der Waals surface area contributed by atoms with E-state index in [0.717, 1.165) is 23.0 Å². The fourth-order valence-electron chi connectivity index (χ4n) is 2.03. The number of hydrogen-bond donors (Lipinski definition) is 1. The SMILES string of the molecule is CCNC(Cc1cc(Br)cs1)c1c(Cl)cccc1Cl. The smallest absolute Gasteiger partial charge is 0.0468 e. The molecule has 0 spiro atoms. The Labute approximate surface area is 136 Å². The number of nitrogens with one attached hydrogen (secondary N) is 1. The molecule has 0 saturated carbocycles. The number of rotatable bonds is 5. The van der Waals surface area contributed by atoms with Gasteiger partial charge in [-0.15, -0.1) is 11.3 Å². The van der Waals surface area contributed by atoms with E-state index in [4.69, 9.17) is 23.2 Å². The molecule has 1 N–H and O–H groups in total. The zero-order chi connectivity index (χ0) is 13.8. The Morgan fingerprint density at radius 2 is 2.00 bits per heavy atom. The highest BCUT2D eigenvalue weighted by Crippen LogP contribution is 2.33. The third kappa shape index (κ3) is 3.96. The maximum absolute atomic E-state index is 6.30. The minimum atomic E-state index is 0.136. The van der Waals surface area contributed by atoms with Crippen LogP contribution in [-0.4, -0.2) is 6.54 Å². The predicted octanol–water partition coefficient (Wildman–Crippen LogP) is 5.71. The lowest BCUT2D eigenvalue weighted by Gasteiger charge is -2.20. The predicted molar refractivity (Wildman–Crippen MR) is 88.6 cm³/mol. The van der Waals surface area contributed by atoms with Crippen LogP contribution >= 0.6 is 50.5 Å². The monoisotopic (exact) mass is 377 g/mol. The van der Waals surface area contributed by atoms with Gasteiger partial charge >= 0.3 is 0 Å². The second kappa shape index (κ2) is 7.09. The molecule has 2 rings (SSSR count). The van der Waals surface area contributed by atoms with Crippen LogP contribution in [0, 0.1) is 0 Å². The van der Waals surface area contributed by atoms with E-state index in [-0.39, 0.29) is 6.04 Å². The fraction of sp³-hybridized carbons (Fsp3) is 0.286. The summed E-state index contributed by atoms with van der Waals surface area (Å²) in [4.78, 5) is 1.30. The Balaban J connectivity index is 2.29. The quantitative estimate of drug-likeness (QED) is 0.702. The molecule has 2 aromatic rings. The molecule has 102 valence electrons. The summed E-state index contributed by atoms with van der Waals surface area (Å²) in [6.45, 7) is 2.96. The second-order valence-electron chi connectivity index (χ2n) is 4.18. The summed E-state index contributed by atoms with van der Waals surface area (Å²) in [6, 6.07) is 7.92. The normalized spacial score (nSPS) is 12.6. The fourth-order valence-corrected chi connectivity index (χ4v) is 4.19. The molecule has 19 heavy (non-hydrogen) atoms. The molecule has 0 aliphatic rings. The maximum atomic E-state index is 6.30. The van der Waals surface area contributed by atoms with Crippen molar-refractivity contribution in [2.75, 3.05) is 6.54 Å². The van der Waals surface area contributed by atoms with Crippen LogP contribution in [0.3, 0.4) is 0 Å². The van der Waals surface area contributed by atoms with Gasteiger partial charge in [0.2, 0.25) is 0 Å². The average Bonchev–Trinajstić information content (AvgIpc) is 2.75. The molecule has 0 fully saturated rings. The Morgan fingerprint density at radius 1 is 1.32 bits per heavy atom. The van der Waals surface area contributed by atoms with E-state index < -0.39 is 0 Å². The Morgan fingerprint density at radius 3 is 2.53 bits per heavy atom. The van der Waals surface area contributed by atoms with Crippen molar-refractivity contribution in [1.82, 2.24) is 5.32 Å². The van der Waals surface area contributed by atoms with Gasteiger partial charge in [0.05, 0.1) is 0 Å². The third-order valence-corrected chi connectivity index (χ3v) is 5.20. The molecule has 1 nitrogen and oxygen atoms in total. The standard InChI is InChI=1S/C14H14BrCl2NS/c1-2-18-13(7-10-6-9(15)8-19-10)14-11(16)4-3-5-12(14)17/h3-6,8,13,18H,2,7H2,1H3. The van der Waals surface area contributed by atoms with Gasteiger partial charge in [0.25, 0.3) is 0 Å². The molecule has 1 atom stereocenters. The van der Waals surface area contributed by atoms with Crippen molar-refractivity contribution in [3.05, 3.63) is 54.6 Å². The minimum absolute atomic E-state index is 0.136. The molecule has 1 heterocycles. The van der Waals surface area contributed by atoms with Gasteiger partial charge in [0, 0.05) is 42.8 Å². The molecule has 5 heteroatoms. The van der Waals surface area contributed by atoms with E-state index in [0.29, 0.717) is 10.0 Å². The number of hydrogen-bond acceptors (Lipinski definition) is 2. The number of likely N-dealkylation sites (N-methyl/N-ethyl adjacent to an activating group) is 1. The number of benzene rings is 1. The summed E-state index contributed by atoms with van der Waals surface area (Å²) in [6.07, 6.45) is 0.883. The molecule has 1 unspecified atom stereocenters. The first kappa shape index (κ1) is 15.3. The average molecular weight is 379 g/mol. The highest BCUT2D eigenvalue weighted by atomic mass is 79.9. The zero-order valence-electron chi connectivity index (χ0n) is 10.4. The largest absolute Gasteiger partial charge is 0.310 e. The van der Waals surface area contributed by atoms with Crippen LogP contribution in [0.2, 0.25) is 10.0 Å². The first-order valence-corrected chi connectivity index (χ1v) is 8.45. The van der Waals surface area contributed by atoms with Crippen LogP contribution in [0.1, 0.15) is 23.4 Å². The summed E-state index contributed by atoms with van der Waals surface area (Å²) in [7, 11) is 0. The lowest BCUT2D eigenvalue weighted by atomic mass is 10.0. The third-order valence-electron chi connectivity index (χ3n) is 2.83. The summed E-state index contributed by atoms with van der Waals surface area (Å²) in [5, 5.41) is 6.98. The Kier molecular flexibility index (Phi) is 5.72. The van der Waals surface area contributed by atoms with Gasteiger partial charge in [-0.2, -0.15) is 0 Å². The Hall–Kier alpha value is -0.0600. The molecule has 1 aromatic heterocycles.